The van der Waals surface area contributed by atoms with Crippen molar-refractivity contribution in [1.82, 2.24) is 0 Å². The molecule has 0 spiro atoms. The van der Waals surface area contributed by atoms with Gasteiger partial charge in [-0.2, -0.15) is 0 Å². The van der Waals surface area contributed by atoms with Crippen molar-refractivity contribution in [3.63, 3.8) is 0 Å². The lowest BCUT2D eigenvalue weighted by Crippen LogP contribution is -1.94. The Morgan fingerprint density at radius 1 is 1.43 bits per heavy atom. The molecule has 0 aliphatic carbocycles. The van der Waals surface area contributed by atoms with Crippen molar-refractivity contribution in [1.29, 1.82) is 0 Å². The Bertz CT molecular complexity index is 37.1. The molecule has 0 saturated heterocycles. The highest BCUT2D eigenvalue weighted by atomic mass is 33.1. The average molecular weight is 137 g/mol. The maximum absolute atomic E-state index is 2.30. The summed E-state index contributed by atoms with van der Waals surface area (Å²) in [5, 5.41) is 0. The highest BCUT2D eigenvalue weighted by molar-refractivity contribution is 8.73. The highest BCUT2D eigenvalue weighted by Gasteiger charge is 2.04. The minimum absolute atomic E-state index is 0.640. The van der Waals surface area contributed by atoms with Crippen molar-refractivity contribution in [2.24, 2.45) is 0 Å². The van der Waals surface area contributed by atoms with Crippen LogP contribution in [0.2, 0.25) is 0 Å². The quantitative estimate of drug-likeness (QED) is 0.423. The normalized spacial score (nSPS) is 14.1. The second-order valence-corrected chi connectivity index (χ2v) is 6.22. The van der Waals surface area contributed by atoms with Crippen molar-refractivity contribution in [2.75, 3.05) is 17.8 Å². The van der Waals surface area contributed by atoms with E-state index in [4.69, 9.17) is 0 Å². The lowest BCUT2D eigenvalue weighted by molar-refractivity contribution is 1.52. The summed E-state index contributed by atoms with van der Waals surface area (Å²) in [7, 11) is 2.70. The molecule has 0 bridgehead atoms. The molecule has 0 nitrogen and oxygen atoms in total. The molecular weight excluding hydrogens is 124 g/mol. The fraction of sp³-hybridized carbons (Fsp3) is 1.00. The van der Waals surface area contributed by atoms with Gasteiger partial charge in [0.25, 0.3) is 0 Å². The van der Waals surface area contributed by atoms with Gasteiger partial charge in [-0.1, -0.05) is 6.92 Å². The molecular formula is C5H13S2+. The molecule has 0 aromatic carbocycles. The summed E-state index contributed by atoms with van der Waals surface area (Å²) in [5.41, 5.74) is 0. The van der Waals surface area contributed by atoms with Gasteiger partial charge in [-0.3, -0.25) is 0 Å². The Labute approximate surface area is 52.8 Å². The predicted molar refractivity (Wildman–Crippen MR) is 42.0 cm³/mol. The summed E-state index contributed by atoms with van der Waals surface area (Å²) in [4.78, 5) is 0. The van der Waals surface area contributed by atoms with Crippen molar-refractivity contribution in [2.45, 2.75) is 13.8 Å². The van der Waals surface area contributed by atoms with Crippen LogP contribution in [0.1, 0.15) is 13.8 Å². The predicted octanol–water partition coefficient (Wildman–Crippen LogP) is 1.92. The number of rotatable bonds is 3. The van der Waals surface area contributed by atoms with Gasteiger partial charge in [-0.05, 0) is 6.92 Å². The van der Waals surface area contributed by atoms with Crippen LogP contribution in [-0.4, -0.2) is 17.8 Å². The average Bonchev–Trinajstić information content (AvgIpc) is 1.68. The van der Waals surface area contributed by atoms with Crippen LogP contribution in [0, 0.1) is 0 Å². The SMILES string of the molecule is CCS[S+](C)CC. The molecule has 1 unspecified atom stereocenters. The lowest BCUT2D eigenvalue weighted by Gasteiger charge is -1.90. The lowest BCUT2D eigenvalue weighted by atomic mass is 11.0. The number of hydrogen-bond donors (Lipinski definition) is 0. The van der Waals surface area contributed by atoms with Gasteiger partial charge < -0.3 is 0 Å². The van der Waals surface area contributed by atoms with Gasteiger partial charge in [-0.15, -0.1) is 0 Å². The van der Waals surface area contributed by atoms with Crippen LogP contribution < -0.4 is 0 Å². The van der Waals surface area contributed by atoms with Crippen LogP contribution in [0.3, 0.4) is 0 Å². The highest BCUT2D eigenvalue weighted by Crippen LogP contribution is 2.11. The smallest absolute Gasteiger partial charge is 0.0517 e. The summed E-state index contributed by atoms with van der Waals surface area (Å²) in [6.45, 7) is 4.45. The van der Waals surface area contributed by atoms with Gasteiger partial charge in [0.05, 0.1) is 20.7 Å². The van der Waals surface area contributed by atoms with E-state index in [0.29, 0.717) is 9.93 Å². The molecule has 0 N–H and O–H groups in total. The third-order valence-electron chi connectivity index (χ3n) is 0.726. The third-order valence-corrected chi connectivity index (χ3v) is 4.80. The summed E-state index contributed by atoms with van der Waals surface area (Å²) in [6.07, 6.45) is 2.30. The van der Waals surface area contributed by atoms with E-state index in [-0.39, 0.29) is 0 Å². The van der Waals surface area contributed by atoms with Crippen LogP contribution in [0.25, 0.3) is 0 Å². The summed E-state index contributed by atoms with van der Waals surface area (Å²) < 4.78 is 0. The monoisotopic (exact) mass is 137 g/mol. The molecule has 0 aromatic rings. The van der Waals surface area contributed by atoms with Crippen LogP contribution in [0.15, 0.2) is 0 Å². The topological polar surface area (TPSA) is 0 Å². The Morgan fingerprint density at radius 3 is 2.14 bits per heavy atom. The molecule has 0 rings (SSSR count). The second-order valence-electron chi connectivity index (χ2n) is 1.27. The van der Waals surface area contributed by atoms with E-state index in [0.717, 1.165) is 0 Å². The molecule has 0 saturated carbocycles. The molecule has 7 heavy (non-hydrogen) atoms. The molecule has 0 aliphatic rings. The molecule has 0 heterocycles. The molecule has 2 heteroatoms. The van der Waals surface area contributed by atoms with E-state index in [1.165, 1.54) is 11.5 Å². The fourth-order valence-electron chi connectivity index (χ4n) is 0.285. The van der Waals surface area contributed by atoms with E-state index in [1.54, 1.807) is 0 Å². The second kappa shape index (κ2) is 4.85. The van der Waals surface area contributed by atoms with Gasteiger partial charge in [0.15, 0.2) is 0 Å². The zero-order valence-corrected chi connectivity index (χ0v) is 6.86. The van der Waals surface area contributed by atoms with E-state index in [2.05, 4.69) is 30.9 Å². The van der Waals surface area contributed by atoms with E-state index in [1.807, 2.05) is 0 Å². The molecule has 0 amide bonds. The Hall–Kier alpha value is 0.700. The first-order valence-corrected chi connectivity index (χ1v) is 5.87. The molecule has 0 fully saturated rings. The molecule has 0 radical (unpaired) electrons. The third kappa shape index (κ3) is 4.56. The first-order chi connectivity index (χ1) is 3.31. The van der Waals surface area contributed by atoms with Gasteiger partial charge in [0.2, 0.25) is 0 Å². The van der Waals surface area contributed by atoms with Gasteiger partial charge >= 0.3 is 0 Å². The van der Waals surface area contributed by atoms with Crippen molar-refractivity contribution < 1.29 is 0 Å². The number of hydrogen-bond acceptors (Lipinski definition) is 1. The van der Waals surface area contributed by atoms with Crippen LogP contribution in [0.5, 0.6) is 0 Å². The molecule has 0 aliphatic heterocycles. The van der Waals surface area contributed by atoms with Crippen molar-refractivity contribution >= 4 is 20.7 Å². The molecule has 44 valence electrons. The van der Waals surface area contributed by atoms with Gasteiger partial charge in [0, 0.05) is 5.75 Å². The standard InChI is InChI=1S/C5H13S2/c1-4-6-7(3)5-2/h4-5H2,1-3H3/q+1. The maximum atomic E-state index is 2.30. The summed E-state index contributed by atoms with van der Waals surface area (Å²) in [5.74, 6) is 2.60. The van der Waals surface area contributed by atoms with Gasteiger partial charge in [-0.25, -0.2) is 0 Å². The van der Waals surface area contributed by atoms with E-state index < -0.39 is 0 Å². The molecule has 1 atom stereocenters. The largest absolute Gasteiger partial charge is 0.117 e. The Balaban J connectivity index is 2.83. The summed E-state index contributed by atoms with van der Waals surface area (Å²) >= 11 is 0. The van der Waals surface area contributed by atoms with E-state index >= 15 is 0 Å². The fourth-order valence-corrected chi connectivity index (χ4v) is 2.56. The minimum Gasteiger partial charge on any atom is -0.0517 e. The van der Waals surface area contributed by atoms with Crippen LogP contribution in [0.4, 0.5) is 0 Å². The first kappa shape index (κ1) is 7.70. The van der Waals surface area contributed by atoms with Crippen molar-refractivity contribution in [3.8, 4) is 0 Å². The van der Waals surface area contributed by atoms with E-state index in [9.17, 15) is 0 Å². The van der Waals surface area contributed by atoms with Gasteiger partial charge in [0.1, 0.15) is 12.0 Å². The maximum Gasteiger partial charge on any atom is 0.117 e. The Morgan fingerprint density at radius 2 is 2.00 bits per heavy atom. The van der Waals surface area contributed by atoms with Crippen LogP contribution in [-0.2, 0) is 9.93 Å². The van der Waals surface area contributed by atoms with Crippen LogP contribution >= 0.6 is 10.8 Å². The first-order valence-electron chi connectivity index (χ1n) is 2.57. The van der Waals surface area contributed by atoms with Crippen molar-refractivity contribution in [3.05, 3.63) is 0 Å². The zero-order chi connectivity index (χ0) is 5.70. The zero-order valence-electron chi connectivity index (χ0n) is 5.23. The molecule has 0 aromatic heterocycles. The summed E-state index contributed by atoms with van der Waals surface area (Å²) in [6, 6.07) is 0. The minimum atomic E-state index is 0.640. The Kier molecular flexibility index (Phi) is 5.33.